The van der Waals surface area contributed by atoms with E-state index in [-0.39, 0.29) is 11.7 Å². The van der Waals surface area contributed by atoms with E-state index in [1.165, 1.54) is 0 Å². The summed E-state index contributed by atoms with van der Waals surface area (Å²) in [6.45, 7) is 2.94. The van der Waals surface area contributed by atoms with E-state index in [1.54, 1.807) is 31.4 Å². The van der Waals surface area contributed by atoms with E-state index in [9.17, 15) is 4.79 Å². The number of ketones is 1. The molecule has 1 aliphatic heterocycles. The van der Waals surface area contributed by atoms with Gasteiger partial charge in [0, 0.05) is 5.56 Å². The average Bonchev–Trinajstić information content (AvgIpc) is 2.91. The molecule has 0 radical (unpaired) electrons. The molecule has 1 aromatic carbocycles. The van der Waals surface area contributed by atoms with Crippen molar-refractivity contribution in [2.45, 2.75) is 13.2 Å². The molecule has 17 heavy (non-hydrogen) atoms. The van der Waals surface area contributed by atoms with Crippen molar-refractivity contribution in [3.63, 3.8) is 0 Å². The number of ether oxygens (including phenoxy) is 3. The van der Waals surface area contributed by atoms with Crippen LogP contribution in [-0.4, -0.2) is 32.4 Å². The highest BCUT2D eigenvalue weighted by Gasteiger charge is 2.29. The topological polar surface area (TPSA) is 44.8 Å². The highest BCUT2D eigenvalue weighted by Crippen LogP contribution is 2.20. The molecule has 0 aromatic heterocycles. The lowest BCUT2D eigenvalue weighted by Crippen LogP contribution is -2.26. The molecular formula is C13H16O4. The molecule has 0 spiro atoms. The van der Waals surface area contributed by atoms with Crippen LogP contribution in [0.15, 0.2) is 24.3 Å². The largest absolute Gasteiger partial charge is 0.497 e. The highest BCUT2D eigenvalue weighted by molar-refractivity contribution is 5.98. The third-order valence-corrected chi connectivity index (χ3v) is 2.84. The van der Waals surface area contributed by atoms with Gasteiger partial charge in [-0.15, -0.1) is 0 Å². The first kappa shape index (κ1) is 12.1. The van der Waals surface area contributed by atoms with Gasteiger partial charge in [-0.2, -0.15) is 0 Å². The Morgan fingerprint density at radius 3 is 2.41 bits per heavy atom. The van der Waals surface area contributed by atoms with Crippen LogP contribution in [0, 0.1) is 5.92 Å². The quantitative estimate of drug-likeness (QED) is 0.749. The molecule has 1 aromatic rings. The lowest BCUT2D eigenvalue weighted by atomic mass is 9.99. The van der Waals surface area contributed by atoms with Crippen molar-refractivity contribution in [1.29, 1.82) is 0 Å². The summed E-state index contributed by atoms with van der Waals surface area (Å²) in [6.07, 6.45) is -0.412. The molecule has 2 rings (SSSR count). The molecule has 1 fully saturated rings. The van der Waals surface area contributed by atoms with E-state index in [1.807, 2.05) is 6.92 Å². The zero-order chi connectivity index (χ0) is 12.3. The predicted octanol–water partition coefficient (Wildman–Crippen LogP) is 1.89. The number of carbonyl (C=O) groups is 1. The summed E-state index contributed by atoms with van der Waals surface area (Å²) in [5, 5.41) is 0. The first-order chi connectivity index (χ1) is 8.22. The summed E-state index contributed by atoms with van der Waals surface area (Å²) in [6, 6.07) is 7.06. The molecule has 1 heterocycles. The second kappa shape index (κ2) is 5.29. The fraction of sp³-hybridized carbons (Fsp3) is 0.462. The van der Waals surface area contributed by atoms with Gasteiger partial charge in [0.15, 0.2) is 12.1 Å². The van der Waals surface area contributed by atoms with Gasteiger partial charge in [-0.05, 0) is 24.3 Å². The van der Waals surface area contributed by atoms with Crippen LogP contribution >= 0.6 is 0 Å². The van der Waals surface area contributed by atoms with Gasteiger partial charge in [0.25, 0.3) is 0 Å². The Bertz CT molecular complexity index is 379. The minimum atomic E-state index is -0.412. The van der Waals surface area contributed by atoms with Crippen LogP contribution in [0.4, 0.5) is 0 Å². The summed E-state index contributed by atoms with van der Waals surface area (Å²) in [5.41, 5.74) is 0.650. The summed E-state index contributed by atoms with van der Waals surface area (Å²) < 4.78 is 15.7. The molecule has 1 atom stereocenters. The van der Waals surface area contributed by atoms with Crippen LogP contribution in [-0.2, 0) is 9.47 Å². The van der Waals surface area contributed by atoms with Gasteiger partial charge in [0.05, 0.1) is 26.2 Å². The third kappa shape index (κ3) is 2.65. The zero-order valence-corrected chi connectivity index (χ0v) is 10.0. The third-order valence-electron chi connectivity index (χ3n) is 2.84. The molecule has 1 unspecified atom stereocenters. The monoisotopic (exact) mass is 236 g/mol. The standard InChI is InChI=1S/C13H16O4/c1-9(13-16-7-8-17-13)12(14)10-3-5-11(15-2)6-4-10/h3-6,9,13H,7-8H2,1-2H3. The first-order valence-corrected chi connectivity index (χ1v) is 5.64. The number of Topliss-reactive ketones (excluding diaryl/α,β-unsaturated/α-hetero) is 1. The maximum atomic E-state index is 12.1. The van der Waals surface area contributed by atoms with E-state index < -0.39 is 6.29 Å². The molecule has 4 heteroatoms. The van der Waals surface area contributed by atoms with Gasteiger partial charge in [-0.3, -0.25) is 4.79 Å². The van der Waals surface area contributed by atoms with E-state index >= 15 is 0 Å². The van der Waals surface area contributed by atoms with Crippen molar-refractivity contribution in [1.82, 2.24) is 0 Å². The molecule has 0 saturated carbocycles. The van der Waals surface area contributed by atoms with Gasteiger partial charge in [-0.1, -0.05) is 6.92 Å². The minimum absolute atomic E-state index is 0.0274. The minimum Gasteiger partial charge on any atom is -0.497 e. The lowest BCUT2D eigenvalue weighted by molar-refractivity contribution is -0.0683. The van der Waals surface area contributed by atoms with Crippen LogP contribution in [0.1, 0.15) is 17.3 Å². The molecule has 4 nitrogen and oxygen atoms in total. The summed E-state index contributed by atoms with van der Waals surface area (Å²) >= 11 is 0. The average molecular weight is 236 g/mol. The number of hydrogen-bond donors (Lipinski definition) is 0. The second-order valence-corrected chi connectivity index (χ2v) is 3.99. The van der Waals surface area contributed by atoms with Gasteiger partial charge < -0.3 is 14.2 Å². The SMILES string of the molecule is COc1ccc(C(=O)C(C)C2OCCO2)cc1. The summed E-state index contributed by atoms with van der Waals surface area (Å²) in [5.74, 6) is 0.480. The van der Waals surface area contributed by atoms with Crippen molar-refractivity contribution in [3.05, 3.63) is 29.8 Å². The summed E-state index contributed by atoms with van der Waals surface area (Å²) in [4.78, 5) is 12.1. The van der Waals surface area contributed by atoms with Crippen molar-refractivity contribution in [2.24, 2.45) is 5.92 Å². The molecule has 0 amide bonds. The fourth-order valence-corrected chi connectivity index (χ4v) is 1.81. The van der Waals surface area contributed by atoms with E-state index in [4.69, 9.17) is 14.2 Å². The molecule has 1 saturated heterocycles. The number of benzene rings is 1. The second-order valence-electron chi connectivity index (χ2n) is 3.99. The summed E-state index contributed by atoms with van der Waals surface area (Å²) in [7, 11) is 1.60. The van der Waals surface area contributed by atoms with Crippen LogP contribution in [0.5, 0.6) is 5.75 Å². The smallest absolute Gasteiger partial charge is 0.170 e. The molecule has 0 aliphatic carbocycles. The zero-order valence-electron chi connectivity index (χ0n) is 10.0. The first-order valence-electron chi connectivity index (χ1n) is 5.64. The Hall–Kier alpha value is -1.39. The molecule has 0 N–H and O–H groups in total. The van der Waals surface area contributed by atoms with Gasteiger partial charge >= 0.3 is 0 Å². The van der Waals surface area contributed by atoms with Crippen LogP contribution in [0.3, 0.4) is 0 Å². The van der Waals surface area contributed by atoms with Gasteiger partial charge in [0.2, 0.25) is 0 Å². The van der Waals surface area contributed by atoms with Gasteiger partial charge in [0.1, 0.15) is 5.75 Å². The molecule has 92 valence electrons. The van der Waals surface area contributed by atoms with Crippen molar-refractivity contribution in [2.75, 3.05) is 20.3 Å². The number of carbonyl (C=O) groups excluding carboxylic acids is 1. The maximum absolute atomic E-state index is 12.1. The van der Waals surface area contributed by atoms with E-state index in [2.05, 4.69) is 0 Å². The molecule has 0 bridgehead atoms. The van der Waals surface area contributed by atoms with Gasteiger partial charge in [-0.25, -0.2) is 0 Å². The van der Waals surface area contributed by atoms with E-state index in [0.717, 1.165) is 5.75 Å². The number of hydrogen-bond acceptors (Lipinski definition) is 4. The van der Waals surface area contributed by atoms with Crippen LogP contribution < -0.4 is 4.74 Å². The number of rotatable bonds is 4. The van der Waals surface area contributed by atoms with Crippen molar-refractivity contribution in [3.8, 4) is 5.75 Å². The van der Waals surface area contributed by atoms with Crippen LogP contribution in [0.25, 0.3) is 0 Å². The fourth-order valence-electron chi connectivity index (χ4n) is 1.81. The Balaban J connectivity index is 2.07. The van der Waals surface area contributed by atoms with E-state index in [0.29, 0.717) is 18.8 Å². The maximum Gasteiger partial charge on any atom is 0.170 e. The Kier molecular flexibility index (Phi) is 3.76. The van der Waals surface area contributed by atoms with Crippen molar-refractivity contribution < 1.29 is 19.0 Å². The number of methoxy groups -OCH3 is 1. The Morgan fingerprint density at radius 1 is 1.29 bits per heavy atom. The molecule has 1 aliphatic rings. The normalized spacial score (nSPS) is 18.0. The molecular weight excluding hydrogens is 220 g/mol. The predicted molar refractivity (Wildman–Crippen MR) is 62.2 cm³/mol. The van der Waals surface area contributed by atoms with Crippen LogP contribution in [0.2, 0.25) is 0 Å². The van der Waals surface area contributed by atoms with Crippen molar-refractivity contribution >= 4 is 5.78 Å². The highest BCUT2D eigenvalue weighted by atomic mass is 16.7. The Labute approximate surface area is 100 Å². The Morgan fingerprint density at radius 2 is 1.88 bits per heavy atom. The lowest BCUT2D eigenvalue weighted by Gasteiger charge is -2.16.